The highest BCUT2D eigenvalue weighted by atomic mass is 79.9. The van der Waals surface area contributed by atoms with Gasteiger partial charge in [0.05, 0.1) is 12.2 Å². The highest BCUT2D eigenvalue weighted by Crippen LogP contribution is 2.23. The zero-order chi connectivity index (χ0) is 14.5. The van der Waals surface area contributed by atoms with E-state index in [0.717, 1.165) is 48.2 Å². The lowest BCUT2D eigenvalue weighted by molar-refractivity contribution is 0.0759. The maximum atomic E-state index is 12.6. The van der Waals surface area contributed by atoms with E-state index in [2.05, 4.69) is 20.8 Å². The molecule has 1 aliphatic rings. The third kappa shape index (κ3) is 3.59. The van der Waals surface area contributed by atoms with Crippen LogP contribution in [0.5, 0.6) is 0 Å². The van der Waals surface area contributed by atoms with Crippen molar-refractivity contribution in [1.29, 1.82) is 0 Å². The number of benzene rings is 1. The Labute approximate surface area is 128 Å². The van der Waals surface area contributed by atoms with E-state index in [9.17, 15) is 4.79 Å². The Hall–Kier alpha value is -0.910. The van der Waals surface area contributed by atoms with Gasteiger partial charge in [-0.3, -0.25) is 9.69 Å². The van der Waals surface area contributed by atoms with Crippen LogP contribution in [0, 0.1) is 6.92 Å². The first-order valence-corrected chi connectivity index (χ1v) is 7.80. The van der Waals surface area contributed by atoms with Crippen molar-refractivity contribution in [3.05, 3.63) is 33.8 Å². The molecular formula is C15H21BrN2O2. The maximum absolute atomic E-state index is 12.6. The van der Waals surface area contributed by atoms with E-state index in [4.69, 9.17) is 5.11 Å². The average Bonchev–Trinajstić information content (AvgIpc) is 2.67. The van der Waals surface area contributed by atoms with Crippen LogP contribution in [0.4, 0.5) is 0 Å². The lowest BCUT2D eigenvalue weighted by Gasteiger charge is -2.22. The van der Waals surface area contributed by atoms with E-state index in [1.54, 1.807) is 0 Å². The lowest BCUT2D eigenvalue weighted by Crippen LogP contribution is -2.36. The zero-order valence-corrected chi connectivity index (χ0v) is 13.4. The second kappa shape index (κ2) is 7.20. The number of β-amino-alcohol motifs (C(OH)–C–C–N with tert-alkyl or cyclic N) is 1. The summed E-state index contributed by atoms with van der Waals surface area (Å²) in [6, 6.07) is 5.78. The number of carbonyl (C=O) groups is 1. The molecule has 20 heavy (non-hydrogen) atoms. The van der Waals surface area contributed by atoms with Crippen LogP contribution in [0.15, 0.2) is 22.7 Å². The van der Waals surface area contributed by atoms with Crippen LogP contribution < -0.4 is 0 Å². The lowest BCUT2D eigenvalue weighted by atomic mass is 10.1. The Morgan fingerprint density at radius 3 is 2.85 bits per heavy atom. The van der Waals surface area contributed by atoms with Gasteiger partial charge in [0.2, 0.25) is 0 Å². The standard InChI is InChI=1S/C15H21BrN2O2/c1-12-4-2-5-13(14(12)16)15(20)18-7-3-6-17(8-9-18)10-11-19/h2,4-5,19H,3,6-11H2,1H3. The molecule has 1 aromatic rings. The summed E-state index contributed by atoms with van der Waals surface area (Å²) in [5.41, 5.74) is 1.81. The van der Waals surface area contributed by atoms with E-state index < -0.39 is 0 Å². The fraction of sp³-hybridized carbons (Fsp3) is 0.533. The Morgan fingerprint density at radius 1 is 1.30 bits per heavy atom. The van der Waals surface area contributed by atoms with Crippen LogP contribution in [-0.4, -0.2) is 60.1 Å². The molecule has 0 aliphatic carbocycles. The van der Waals surface area contributed by atoms with E-state index in [1.165, 1.54) is 0 Å². The number of carbonyl (C=O) groups excluding carboxylic acids is 1. The van der Waals surface area contributed by atoms with Crippen LogP contribution >= 0.6 is 15.9 Å². The van der Waals surface area contributed by atoms with E-state index in [-0.39, 0.29) is 12.5 Å². The summed E-state index contributed by atoms with van der Waals surface area (Å²) >= 11 is 3.51. The molecule has 1 N–H and O–H groups in total. The monoisotopic (exact) mass is 340 g/mol. The highest BCUT2D eigenvalue weighted by Gasteiger charge is 2.21. The Morgan fingerprint density at radius 2 is 2.10 bits per heavy atom. The number of hydrogen-bond acceptors (Lipinski definition) is 3. The molecular weight excluding hydrogens is 320 g/mol. The van der Waals surface area contributed by atoms with Crippen molar-refractivity contribution < 1.29 is 9.90 Å². The van der Waals surface area contributed by atoms with Gasteiger partial charge in [-0.1, -0.05) is 12.1 Å². The topological polar surface area (TPSA) is 43.8 Å². The van der Waals surface area contributed by atoms with Gasteiger partial charge >= 0.3 is 0 Å². The first kappa shape index (κ1) is 15.5. The minimum absolute atomic E-state index is 0.0893. The molecule has 110 valence electrons. The van der Waals surface area contributed by atoms with Gasteiger partial charge < -0.3 is 10.0 Å². The van der Waals surface area contributed by atoms with Gasteiger partial charge in [-0.15, -0.1) is 0 Å². The summed E-state index contributed by atoms with van der Waals surface area (Å²) in [4.78, 5) is 16.7. The second-order valence-corrected chi connectivity index (χ2v) is 5.94. The van der Waals surface area contributed by atoms with Gasteiger partial charge in [-0.25, -0.2) is 0 Å². The maximum Gasteiger partial charge on any atom is 0.255 e. The molecule has 2 rings (SSSR count). The molecule has 0 spiro atoms. The fourth-order valence-electron chi connectivity index (χ4n) is 2.52. The Bertz CT molecular complexity index is 479. The number of hydrogen-bond donors (Lipinski definition) is 1. The molecule has 0 atom stereocenters. The normalized spacial score (nSPS) is 17.1. The molecule has 1 aliphatic heterocycles. The predicted molar refractivity (Wildman–Crippen MR) is 82.9 cm³/mol. The van der Waals surface area contributed by atoms with Crippen LogP contribution in [-0.2, 0) is 0 Å². The molecule has 1 amide bonds. The molecule has 0 saturated carbocycles. The summed E-state index contributed by atoms with van der Waals surface area (Å²) in [6.07, 6.45) is 0.954. The summed E-state index contributed by atoms with van der Waals surface area (Å²) in [6.45, 7) is 6.13. The fourth-order valence-corrected chi connectivity index (χ4v) is 2.96. The highest BCUT2D eigenvalue weighted by molar-refractivity contribution is 9.10. The summed E-state index contributed by atoms with van der Waals surface area (Å²) in [5, 5.41) is 9.00. The summed E-state index contributed by atoms with van der Waals surface area (Å²) in [5.74, 6) is 0.0893. The summed E-state index contributed by atoms with van der Waals surface area (Å²) < 4.78 is 0.890. The van der Waals surface area contributed by atoms with Gasteiger partial charge in [0.15, 0.2) is 0 Å². The molecule has 1 fully saturated rings. The quantitative estimate of drug-likeness (QED) is 0.913. The number of nitrogens with zero attached hydrogens (tertiary/aromatic N) is 2. The average molecular weight is 341 g/mol. The zero-order valence-electron chi connectivity index (χ0n) is 11.8. The van der Waals surface area contributed by atoms with Crippen molar-refractivity contribution >= 4 is 21.8 Å². The smallest absolute Gasteiger partial charge is 0.255 e. The SMILES string of the molecule is Cc1cccc(C(=O)N2CCCN(CCO)CC2)c1Br. The molecule has 5 heteroatoms. The summed E-state index contributed by atoms with van der Waals surface area (Å²) in [7, 11) is 0. The number of aliphatic hydroxyl groups is 1. The van der Waals surface area contributed by atoms with Crippen molar-refractivity contribution in [1.82, 2.24) is 9.80 Å². The number of amides is 1. The molecule has 1 aromatic carbocycles. The molecule has 1 saturated heterocycles. The molecule has 0 bridgehead atoms. The van der Waals surface area contributed by atoms with E-state index in [1.807, 2.05) is 30.0 Å². The predicted octanol–water partition coefficient (Wildman–Crippen LogP) is 1.90. The van der Waals surface area contributed by atoms with E-state index in [0.29, 0.717) is 6.54 Å². The number of aliphatic hydroxyl groups excluding tert-OH is 1. The minimum atomic E-state index is 0.0893. The van der Waals surface area contributed by atoms with Crippen molar-refractivity contribution in [3.8, 4) is 0 Å². The molecule has 4 nitrogen and oxygen atoms in total. The van der Waals surface area contributed by atoms with Gasteiger partial charge in [-0.05, 0) is 47.4 Å². The van der Waals surface area contributed by atoms with Crippen LogP contribution in [0.3, 0.4) is 0 Å². The third-order valence-electron chi connectivity index (χ3n) is 3.71. The number of halogens is 1. The van der Waals surface area contributed by atoms with Gasteiger partial charge in [-0.2, -0.15) is 0 Å². The van der Waals surface area contributed by atoms with Crippen molar-refractivity contribution in [2.75, 3.05) is 39.3 Å². The van der Waals surface area contributed by atoms with Crippen molar-refractivity contribution in [2.45, 2.75) is 13.3 Å². The molecule has 0 aromatic heterocycles. The van der Waals surface area contributed by atoms with Gasteiger partial charge in [0.1, 0.15) is 0 Å². The van der Waals surface area contributed by atoms with Crippen LogP contribution in [0.2, 0.25) is 0 Å². The third-order valence-corrected chi connectivity index (χ3v) is 4.77. The van der Waals surface area contributed by atoms with Crippen molar-refractivity contribution in [2.24, 2.45) is 0 Å². The number of rotatable bonds is 3. The van der Waals surface area contributed by atoms with E-state index >= 15 is 0 Å². The largest absolute Gasteiger partial charge is 0.395 e. The van der Waals surface area contributed by atoms with Gasteiger partial charge in [0.25, 0.3) is 5.91 Å². The first-order valence-electron chi connectivity index (χ1n) is 7.01. The first-order chi connectivity index (χ1) is 9.63. The Kier molecular flexibility index (Phi) is 5.57. The minimum Gasteiger partial charge on any atom is -0.395 e. The van der Waals surface area contributed by atoms with Crippen LogP contribution in [0.1, 0.15) is 22.3 Å². The number of aryl methyl sites for hydroxylation is 1. The Balaban J connectivity index is 2.07. The molecule has 1 heterocycles. The second-order valence-electron chi connectivity index (χ2n) is 5.15. The molecule has 0 unspecified atom stereocenters. The van der Waals surface area contributed by atoms with Crippen molar-refractivity contribution in [3.63, 3.8) is 0 Å². The van der Waals surface area contributed by atoms with Gasteiger partial charge in [0, 0.05) is 30.7 Å². The molecule has 0 radical (unpaired) electrons. The van der Waals surface area contributed by atoms with Crippen LogP contribution in [0.25, 0.3) is 0 Å².